The van der Waals surface area contributed by atoms with Crippen LogP contribution in [0.5, 0.6) is 0 Å². The molecule has 6 nitrogen and oxygen atoms in total. The fraction of sp³-hybridized carbons (Fsp3) is 0.857. The van der Waals surface area contributed by atoms with Crippen LogP contribution in [0.2, 0.25) is 0 Å². The van der Waals surface area contributed by atoms with Crippen molar-refractivity contribution >= 4 is 12.2 Å². The van der Waals surface area contributed by atoms with Crippen molar-refractivity contribution in [1.82, 2.24) is 0 Å². The summed E-state index contributed by atoms with van der Waals surface area (Å²) in [5, 5.41) is 0. The van der Waals surface area contributed by atoms with Gasteiger partial charge in [0.1, 0.15) is 5.60 Å². The van der Waals surface area contributed by atoms with E-state index in [1.807, 2.05) is 13.8 Å². The molecule has 1 atom stereocenters. The van der Waals surface area contributed by atoms with Crippen LogP contribution in [0.3, 0.4) is 0 Å². The molecule has 0 spiro atoms. The van der Waals surface area contributed by atoms with Crippen molar-refractivity contribution in [2.24, 2.45) is 17.4 Å². The summed E-state index contributed by atoms with van der Waals surface area (Å²) in [5.74, 6) is 0.249. The highest BCUT2D eigenvalue weighted by atomic mass is 16.6. The topological polar surface area (TPSA) is 105 Å². The number of carbonyl (C=O) groups excluding carboxylic acids is 2. The number of carbonyl (C=O) groups is 2. The zero-order chi connectivity index (χ0) is 15.6. The molecule has 0 aliphatic carbocycles. The smallest absolute Gasteiger partial charge is 0.405 e. The predicted octanol–water partition coefficient (Wildman–Crippen LogP) is 2.93. The van der Waals surface area contributed by atoms with Crippen LogP contribution in [0.15, 0.2) is 0 Å². The van der Waals surface area contributed by atoms with Gasteiger partial charge in [-0.05, 0) is 44.4 Å². The molecule has 0 saturated carbocycles. The summed E-state index contributed by atoms with van der Waals surface area (Å²) in [6, 6.07) is 0. The Morgan fingerprint density at radius 3 is 2.05 bits per heavy atom. The van der Waals surface area contributed by atoms with E-state index in [1.165, 1.54) is 0 Å². The first-order valence-electron chi connectivity index (χ1n) is 7.32. The van der Waals surface area contributed by atoms with E-state index in [-0.39, 0.29) is 5.92 Å². The number of hydrogen-bond donors (Lipinski definition) is 2. The molecular formula is C14H28N2O4. The lowest BCUT2D eigenvalue weighted by atomic mass is 9.78. The molecule has 20 heavy (non-hydrogen) atoms. The summed E-state index contributed by atoms with van der Waals surface area (Å²) in [5.41, 5.74) is 9.60. The summed E-state index contributed by atoms with van der Waals surface area (Å²) in [7, 11) is 0. The average Bonchev–Trinajstić information content (AvgIpc) is 2.40. The molecule has 2 amide bonds. The van der Waals surface area contributed by atoms with E-state index in [1.54, 1.807) is 0 Å². The normalized spacial score (nSPS) is 12.8. The Morgan fingerprint density at radius 2 is 1.65 bits per heavy atom. The highest BCUT2D eigenvalue weighted by Gasteiger charge is 2.37. The maximum absolute atomic E-state index is 11.1. The molecule has 0 rings (SSSR count). The zero-order valence-corrected chi connectivity index (χ0v) is 12.8. The van der Waals surface area contributed by atoms with E-state index in [9.17, 15) is 9.59 Å². The van der Waals surface area contributed by atoms with E-state index < -0.39 is 17.8 Å². The second-order valence-corrected chi connectivity index (χ2v) is 4.96. The highest BCUT2D eigenvalue weighted by molar-refractivity contribution is 5.65. The maximum Gasteiger partial charge on any atom is 0.405 e. The minimum atomic E-state index is -0.745. The quantitative estimate of drug-likeness (QED) is 0.603. The Kier molecular flexibility index (Phi) is 8.76. The van der Waals surface area contributed by atoms with Crippen LogP contribution in [-0.2, 0) is 9.47 Å². The largest absolute Gasteiger partial charge is 0.450 e. The lowest BCUT2D eigenvalue weighted by molar-refractivity contribution is -0.0423. The Balaban J connectivity index is 4.44. The monoisotopic (exact) mass is 288 g/mol. The molecule has 6 heteroatoms. The van der Waals surface area contributed by atoms with Gasteiger partial charge in [-0.25, -0.2) is 9.59 Å². The molecule has 0 aromatic rings. The molecule has 0 fully saturated rings. The highest BCUT2D eigenvalue weighted by Crippen LogP contribution is 2.35. The second-order valence-electron chi connectivity index (χ2n) is 4.96. The van der Waals surface area contributed by atoms with Crippen LogP contribution in [0.25, 0.3) is 0 Å². The molecule has 0 bridgehead atoms. The van der Waals surface area contributed by atoms with Crippen LogP contribution >= 0.6 is 0 Å². The van der Waals surface area contributed by atoms with Crippen molar-refractivity contribution in [3.05, 3.63) is 0 Å². The van der Waals surface area contributed by atoms with E-state index >= 15 is 0 Å². The van der Waals surface area contributed by atoms with E-state index in [0.29, 0.717) is 6.61 Å². The Bertz CT molecular complexity index is 304. The summed E-state index contributed by atoms with van der Waals surface area (Å²) in [6.07, 6.45) is 3.45. The van der Waals surface area contributed by atoms with Gasteiger partial charge in [0.25, 0.3) is 0 Å². The van der Waals surface area contributed by atoms with Crippen molar-refractivity contribution in [3.8, 4) is 0 Å². The number of ether oxygens (including phenoxy) is 2. The first-order valence-corrected chi connectivity index (χ1v) is 7.32. The molecule has 1 unspecified atom stereocenters. The fourth-order valence-electron chi connectivity index (χ4n) is 2.76. The third-order valence-corrected chi connectivity index (χ3v) is 3.93. The molecule has 118 valence electrons. The number of amides is 2. The zero-order valence-electron chi connectivity index (χ0n) is 12.8. The summed E-state index contributed by atoms with van der Waals surface area (Å²) >= 11 is 0. The number of unbranched alkanes of at least 4 members (excludes halogenated alkanes) is 1. The summed E-state index contributed by atoms with van der Waals surface area (Å²) < 4.78 is 10.1. The molecule has 0 radical (unpaired) electrons. The molecule has 4 N–H and O–H groups in total. The SMILES string of the molecule is CCC(CCCCOC(N)=O)C(CC)(CC)OC(N)=O. The van der Waals surface area contributed by atoms with Crippen LogP contribution in [0.4, 0.5) is 9.59 Å². The van der Waals surface area contributed by atoms with Crippen LogP contribution < -0.4 is 11.5 Å². The molecule has 0 aromatic heterocycles. The Hall–Kier alpha value is -1.46. The first-order chi connectivity index (χ1) is 9.41. The van der Waals surface area contributed by atoms with Crippen molar-refractivity contribution in [1.29, 1.82) is 0 Å². The van der Waals surface area contributed by atoms with Gasteiger partial charge in [-0.3, -0.25) is 0 Å². The molecular weight excluding hydrogens is 260 g/mol. The lowest BCUT2D eigenvalue weighted by Crippen LogP contribution is -2.43. The van der Waals surface area contributed by atoms with Crippen LogP contribution in [0, 0.1) is 5.92 Å². The second kappa shape index (κ2) is 9.44. The fourth-order valence-corrected chi connectivity index (χ4v) is 2.76. The predicted molar refractivity (Wildman–Crippen MR) is 77.1 cm³/mol. The average molecular weight is 288 g/mol. The summed E-state index contributed by atoms with van der Waals surface area (Å²) in [4.78, 5) is 21.6. The van der Waals surface area contributed by atoms with Crippen molar-refractivity contribution in [2.75, 3.05) is 6.61 Å². The van der Waals surface area contributed by atoms with E-state index in [0.717, 1.165) is 38.5 Å². The number of hydrogen-bond acceptors (Lipinski definition) is 4. The number of primary amides is 2. The number of rotatable bonds is 10. The van der Waals surface area contributed by atoms with Gasteiger partial charge in [0, 0.05) is 0 Å². The maximum atomic E-state index is 11.1. The third-order valence-electron chi connectivity index (χ3n) is 3.93. The molecule has 0 aliphatic rings. The van der Waals surface area contributed by atoms with E-state index in [2.05, 4.69) is 6.92 Å². The van der Waals surface area contributed by atoms with Gasteiger partial charge in [0.15, 0.2) is 0 Å². The van der Waals surface area contributed by atoms with Gasteiger partial charge in [0.2, 0.25) is 0 Å². The van der Waals surface area contributed by atoms with Crippen molar-refractivity contribution in [3.63, 3.8) is 0 Å². The van der Waals surface area contributed by atoms with Gasteiger partial charge in [-0.1, -0.05) is 20.8 Å². The molecule has 0 aromatic carbocycles. The molecule has 0 heterocycles. The first kappa shape index (κ1) is 18.5. The standard InChI is InChI=1S/C14H28N2O4/c1-4-11(9-7-8-10-19-12(15)17)14(5-2,6-3)20-13(16)18/h11H,4-10H2,1-3H3,(H2,15,17)(H2,16,18). The van der Waals surface area contributed by atoms with Gasteiger partial charge >= 0.3 is 12.2 Å². The van der Waals surface area contributed by atoms with Gasteiger partial charge in [-0.2, -0.15) is 0 Å². The van der Waals surface area contributed by atoms with Crippen LogP contribution in [0.1, 0.15) is 59.3 Å². The minimum Gasteiger partial charge on any atom is -0.450 e. The Morgan fingerprint density at radius 1 is 1.05 bits per heavy atom. The van der Waals surface area contributed by atoms with E-state index in [4.69, 9.17) is 20.9 Å². The molecule has 0 aliphatic heterocycles. The third kappa shape index (κ3) is 6.12. The van der Waals surface area contributed by atoms with Crippen molar-refractivity contribution < 1.29 is 19.1 Å². The minimum absolute atomic E-state index is 0.249. The Labute approximate surface area is 121 Å². The number of nitrogens with two attached hydrogens (primary N) is 2. The summed E-state index contributed by atoms with van der Waals surface area (Å²) in [6.45, 7) is 6.42. The van der Waals surface area contributed by atoms with Gasteiger partial charge < -0.3 is 20.9 Å². The lowest BCUT2D eigenvalue weighted by Gasteiger charge is -2.38. The van der Waals surface area contributed by atoms with Crippen LogP contribution in [-0.4, -0.2) is 24.4 Å². The van der Waals surface area contributed by atoms with Gasteiger partial charge in [0.05, 0.1) is 6.61 Å². The van der Waals surface area contributed by atoms with Gasteiger partial charge in [-0.15, -0.1) is 0 Å². The molecule has 0 saturated heterocycles. The van der Waals surface area contributed by atoms with Crippen molar-refractivity contribution in [2.45, 2.75) is 64.9 Å².